The molecule has 0 unspecified atom stereocenters. The molecule has 2 fully saturated rings. The molecule has 1 aliphatic heterocycles. The van der Waals surface area contributed by atoms with Crippen molar-refractivity contribution in [1.82, 2.24) is 24.5 Å². The van der Waals surface area contributed by atoms with Crippen LogP contribution in [-0.2, 0) is 17.5 Å². The first-order valence-electron chi connectivity index (χ1n) is 12.8. The summed E-state index contributed by atoms with van der Waals surface area (Å²) >= 11 is 0. The van der Waals surface area contributed by atoms with Gasteiger partial charge in [-0.25, -0.2) is 13.9 Å². The molecule has 13 heteroatoms. The van der Waals surface area contributed by atoms with Gasteiger partial charge in [0.15, 0.2) is 0 Å². The van der Waals surface area contributed by atoms with Crippen molar-refractivity contribution >= 4 is 11.9 Å². The molecule has 0 atom stereocenters. The van der Waals surface area contributed by atoms with E-state index in [9.17, 15) is 27.6 Å². The second kappa shape index (κ2) is 9.53. The minimum atomic E-state index is -4.68. The Hall–Kier alpha value is -4.08. The van der Waals surface area contributed by atoms with Crippen molar-refractivity contribution in [3.05, 3.63) is 53.1 Å². The summed E-state index contributed by atoms with van der Waals surface area (Å²) in [6.45, 7) is 6.57. The second-order valence-electron chi connectivity index (χ2n) is 11.7. The maximum atomic E-state index is 13.8. The van der Waals surface area contributed by atoms with E-state index in [0.717, 1.165) is 31.4 Å². The van der Waals surface area contributed by atoms with Crippen LogP contribution in [0.25, 0.3) is 11.3 Å². The Balaban J connectivity index is 1.30. The average Bonchev–Trinajstić information content (AvgIpc) is 3.53. The number of carbonyl (C=O) groups excluding carboxylic acids is 1. The number of nitrogen functional groups attached to an aromatic ring is 1. The SMILES string of the molecule is CC(C)(C)OC(=O)N1CCC2(CC(n3nc(-c4cnn(Cc5cc(F)cc(C(F)(F)F)c5)c4)c(C#N)c3N)C2)C1. The van der Waals surface area contributed by atoms with Crippen molar-refractivity contribution in [2.24, 2.45) is 5.41 Å². The van der Waals surface area contributed by atoms with Gasteiger partial charge in [0, 0.05) is 24.8 Å². The number of alkyl halides is 3. The normalized spacial score (nSPS) is 20.9. The maximum Gasteiger partial charge on any atom is 0.416 e. The minimum Gasteiger partial charge on any atom is -0.444 e. The quantitative estimate of drug-likeness (QED) is 0.430. The van der Waals surface area contributed by atoms with Crippen molar-refractivity contribution in [2.45, 2.75) is 64.4 Å². The number of nitrogens with two attached hydrogens (primary N) is 1. The lowest BCUT2D eigenvalue weighted by atomic mass is 9.65. The molecule has 2 N–H and O–H groups in total. The molecule has 40 heavy (non-hydrogen) atoms. The van der Waals surface area contributed by atoms with Crippen molar-refractivity contribution in [3.63, 3.8) is 0 Å². The third-order valence-electron chi connectivity index (χ3n) is 7.37. The lowest BCUT2D eigenvalue weighted by Crippen LogP contribution is -2.43. The zero-order valence-corrected chi connectivity index (χ0v) is 22.3. The van der Waals surface area contributed by atoms with Crippen molar-refractivity contribution in [3.8, 4) is 17.3 Å². The fourth-order valence-corrected chi connectivity index (χ4v) is 5.57. The second-order valence-corrected chi connectivity index (χ2v) is 11.7. The summed E-state index contributed by atoms with van der Waals surface area (Å²) in [5, 5.41) is 18.6. The highest BCUT2D eigenvalue weighted by atomic mass is 19.4. The number of rotatable bonds is 4. The first-order chi connectivity index (χ1) is 18.7. The molecular weight excluding hydrogens is 530 g/mol. The lowest BCUT2D eigenvalue weighted by molar-refractivity contribution is -0.137. The van der Waals surface area contributed by atoms with Gasteiger partial charge in [0.05, 0.1) is 24.3 Å². The number of hydrogen-bond donors (Lipinski definition) is 1. The van der Waals surface area contributed by atoms with Crippen molar-refractivity contribution < 1.29 is 27.1 Å². The van der Waals surface area contributed by atoms with E-state index in [0.29, 0.717) is 30.4 Å². The van der Waals surface area contributed by atoms with Crippen LogP contribution in [0.3, 0.4) is 0 Å². The molecule has 212 valence electrons. The number of ether oxygens (including phenoxy) is 1. The van der Waals surface area contributed by atoms with E-state index in [1.165, 1.54) is 17.1 Å². The number of halogens is 4. The monoisotopic (exact) mass is 559 g/mol. The van der Waals surface area contributed by atoms with Gasteiger partial charge in [0.2, 0.25) is 0 Å². The fourth-order valence-electron chi connectivity index (χ4n) is 5.57. The topological polar surface area (TPSA) is 115 Å². The van der Waals surface area contributed by atoms with Crippen molar-refractivity contribution in [2.75, 3.05) is 18.8 Å². The summed E-state index contributed by atoms with van der Waals surface area (Å²) in [7, 11) is 0. The Morgan fingerprint density at radius 1 is 1.25 bits per heavy atom. The molecule has 9 nitrogen and oxygen atoms in total. The van der Waals surface area contributed by atoms with Gasteiger partial charge >= 0.3 is 12.3 Å². The predicted octanol–water partition coefficient (Wildman–Crippen LogP) is 5.37. The third-order valence-corrected chi connectivity index (χ3v) is 7.37. The first kappa shape index (κ1) is 27.5. The zero-order valence-electron chi connectivity index (χ0n) is 22.3. The lowest BCUT2D eigenvalue weighted by Gasteiger charge is -2.45. The molecule has 1 amide bonds. The van der Waals surface area contributed by atoms with Crippen LogP contribution in [0.2, 0.25) is 0 Å². The Labute approximate surface area is 228 Å². The highest BCUT2D eigenvalue weighted by molar-refractivity contribution is 5.72. The van der Waals surface area contributed by atoms with E-state index >= 15 is 0 Å². The number of hydrogen-bond acceptors (Lipinski definition) is 6. The molecular formula is C27H29F4N7O2. The third kappa shape index (κ3) is 5.35. The molecule has 0 bridgehead atoms. The number of aromatic nitrogens is 4. The summed E-state index contributed by atoms with van der Waals surface area (Å²) < 4.78 is 61.5. The summed E-state index contributed by atoms with van der Waals surface area (Å²) in [5.74, 6) is -0.780. The summed E-state index contributed by atoms with van der Waals surface area (Å²) in [6.07, 6.45) is 0.282. The van der Waals surface area contributed by atoms with Gasteiger partial charge in [0.1, 0.15) is 34.6 Å². The van der Waals surface area contributed by atoms with Gasteiger partial charge in [-0.1, -0.05) is 0 Å². The molecule has 2 aromatic heterocycles. The fraction of sp³-hybridized carbons (Fsp3) is 0.481. The number of carbonyl (C=O) groups is 1. The van der Waals surface area contributed by atoms with Crippen LogP contribution < -0.4 is 5.73 Å². The molecule has 1 saturated heterocycles. The number of anilines is 1. The Morgan fingerprint density at radius 3 is 2.62 bits per heavy atom. The molecule has 1 aliphatic carbocycles. The smallest absolute Gasteiger partial charge is 0.416 e. The Bertz CT molecular complexity index is 1490. The molecule has 1 aromatic carbocycles. The molecule has 2 aliphatic rings. The van der Waals surface area contributed by atoms with E-state index in [2.05, 4.69) is 16.3 Å². The number of nitrogens with zero attached hydrogens (tertiary/aromatic N) is 6. The Morgan fingerprint density at radius 2 is 1.98 bits per heavy atom. The van der Waals surface area contributed by atoms with Gasteiger partial charge < -0.3 is 15.4 Å². The van der Waals surface area contributed by atoms with Gasteiger partial charge in [0.25, 0.3) is 0 Å². The highest BCUT2D eigenvalue weighted by Crippen LogP contribution is 2.55. The van der Waals surface area contributed by atoms with Gasteiger partial charge in [-0.2, -0.15) is 28.6 Å². The molecule has 3 heterocycles. The van der Waals surface area contributed by atoms with Crippen molar-refractivity contribution in [1.29, 1.82) is 5.26 Å². The predicted molar refractivity (Wildman–Crippen MR) is 136 cm³/mol. The summed E-state index contributed by atoms with van der Waals surface area (Å²) in [6, 6.07) is 4.37. The van der Waals surface area contributed by atoms with Gasteiger partial charge in [-0.3, -0.25) is 4.68 Å². The van der Waals surface area contributed by atoms with E-state index in [1.807, 2.05) is 20.8 Å². The minimum absolute atomic E-state index is 0.0532. The number of likely N-dealkylation sites (tertiary alicyclic amines) is 1. The standard InChI is InChI=1S/C27H29F4N7O2/c1-25(2,3)40-24(39)36-5-4-26(15-36)9-20(10-26)38-23(33)21(11-32)22(35-38)17-12-34-37(14-17)13-16-6-18(27(29,30)31)8-19(28)7-16/h6-8,12,14,20H,4-5,9-10,13,15,33H2,1-3H3. The van der Waals surface area contributed by atoms with E-state index in [1.54, 1.807) is 9.58 Å². The molecule has 5 rings (SSSR count). The van der Waals surface area contributed by atoms with Crippen LogP contribution in [-0.4, -0.2) is 49.2 Å². The summed E-state index contributed by atoms with van der Waals surface area (Å²) in [5.41, 5.74) is 5.64. The van der Waals surface area contributed by atoms with E-state index in [-0.39, 0.29) is 41.0 Å². The van der Waals surface area contributed by atoms with Gasteiger partial charge in [-0.05, 0) is 69.2 Å². The van der Waals surface area contributed by atoms with Crippen LogP contribution in [0, 0.1) is 22.6 Å². The largest absolute Gasteiger partial charge is 0.444 e. The van der Waals surface area contributed by atoms with Crippen LogP contribution in [0.4, 0.5) is 28.2 Å². The summed E-state index contributed by atoms with van der Waals surface area (Å²) in [4.78, 5) is 14.2. The number of nitriles is 1. The molecule has 3 aromatic rings. The Kier molecular flexibility index (Phi) is 6.55. The molecule has 1 spiro atoms. The van der Waals surface area contributed by atoms with Crippen LogP contribution >= 0.6 is 0 Å². The maximum absolute atomic E-state index is 13.8. The average molecular weight is 560 g/mol. The first-order valence-corrected chi connectivity index (χ1v) is 12.8. The van der Waals surface area contributed by atoms with E-state index in [4.69, 9.17) is 10.5 Å². The molecule has 0 radical (unpaired) electrons. The number of benzene rings is 1. The van der Waals surface area contributed by atoms with E-state index < -0.39 is 23.2 Å². The molecule has 1 saturated carbocycles. The van der Waals surface area contributed by atoms with Crippen LogP contribution in [0.1, 0.15) is 62.8 Å². The van der Waals surface area contributed by atoms with Crippen LogP contribution in [0.5, 0.6) is 0 Å². The number of amides is 1. The highest BCUT2D eigenvalue weighted by Gasteiger charge is 2.51. The van der Waals surface area contributed by atoms with Crippen LogP contribution in [0.15, 0.2) is 30.6 Å². The zero-order chi connectivity index (χ0) is 29.0. The van der Waals surface area contributed by atoms with Gasteiger partial charge in [-0.15, -0.1) is 0 Å².